The van der Waals surface area contributed by atoms with Gasteiger partial charge in [0.05, 0.1) is 13.3 Å². The van der Waals surface area contributed by atoms with Crippen molar-refractivity contribution in [3.63, 3.8) is 0 Å². The summed E-state index contributed by atoms with van der Waals surface area (Å²) in [6.07, 6.45) is 2.25. The fraction of sp³-hybridized carbons (Fsp3) is 0.214. The molecular weight excluding hydrogens is 270 g/mol. The number of fused-ring (bicyclic) bond motifs is 1. The van der Waals surface area contributed by atoms with Gasteiger partial charge in [0.15, 0.2) is 5.65 Å². The minimum atomic E-state index is -0.211. The molecule has 0 aliphatic heterocycles. The molecule has 3 aromatic rings. The van der Waals surface area contributed by atoms with Gasteiger partial charge in [-0.15, -0.1) is 0 Å². The number of hydrogen-bond acceptors (Lipinski definition) is 5. The Morgan fingerprint density at radius 1 is 1.38 bits per heavy atom. The van der Waals surface area contributed by atoms with Gasteiger partial charge in [0, 0.05) is 6.54 Å². The second-order valence-electron chi connectivity index (χ2n) is 4.58. The lowest BCUT2D eigenvalue weighted by atomic mass is 10.1. The largest absolute Gasteiger partial charge is 0.497 e. The standard InChI is InChI=1S/C14H15N5O2/c1-21-10-4-2-3-9(7-10)5-6-15-14-17-12-11(8-16-19-12)13(20)18-14/h2-4,7-8H,5-6H2,1H3,(H3,15,16,17,18,19,20). The number of aromatic amines is 2. The summed E-state index contributed by atoms with van der Waals surface area (Å²) in [7, 11) is 1.64. The Labute approximate surface area is 120 Å². The van der Waals surface area contributed by atoms with Gasteiger partial charge in [-0.1, -0.05) is 12.1 Å². The van der Waals surface area contributed by atoms with Crippen molar-refractivity contribution in [1.82, 2.24) is 20.2 Å². The summed E-state index contributed by atoms with van der Waals surface area (Å²) in [4.78, 5) is 18.7. The Hall–Kier alpha value is -2.83. The Kier molecular flexibility index (Phi) is 3.55. The molecule has 7 nitrogen and oxygen atoms in total. The topological polar surface area (TPSA) is 95.7 Å². The highest BCUT2D eigenvalue weighted by Gasteiger charge is 2.04. The second-order valence-corrected chi connectivity index (χ2v) is 4.58. The van der Waals surface area contributed by atoms with Crippen LogP contribution in [-0.2, 0) is 6.42 Å². The van der Waals surface area contributed by atoms with Crippen LogP contribution in [0.3, 0.4) is 0 Å². The molecule has 2 aromatic heterocycles. The number of ether oxygens (including phenoxy) is 1. The molecule has 0 atom stereocenters. The number of methoxy groups -OCH3 is 1. The number of rotatable bonds is 5. The highest BCUT2D eigenvalue weighted by Crippen LogP contribution is 2.13. The van der Waals surface area contributed by atoms with Crippen LogP contribution >= 0.6 is 0 Å². The minimum Gasteiger partial charge on any atom is -0.497 e. The lowest BCUT2D eigenvalue weighted by Gasteiger charge is -2.06. The maximum Gasteiger partial charge on any atom is 0.263 e. The summed E-state index contributed by atoms with van der Waals surface area (Å²) in [6.45, 7) is 0.649. The number of nitrogens with zero attached hydrogens (tertiary/aromatic N) is 2. The first-order chi connectivity index (χ1) is 10.3. The first-order valence-corrected chi connectivity index (χ1v) is 6.56. The van der Waals surface area contributed by atoms with E-state index in [1.54, 1.807) is 7.11 Å². The van der Waals surface area contributed by atoms with Gasteiger partial charge in [-0.3, -0.25) is 14.9 Å². The van der Waals surface area contributed by atoms with E-state index in [1.165, 1.54) is 6.20 Å². The van der Waals surface area contributed by atoms with Crippen molar-refractivity contribution in [2.75, 3.05) is 19.0 Å². The van der Waals surface area contributed by atoms with E-state index in [0.717, 1.165) is 17.7 Å². The molecule has 2 heterocycles. The maximum absolute atomic E-state index is 11.8. The van der Waals surface area contributed by atoms with E-state index in [4.69, 9.17) is 4.74 Å². The average Bonchev–Trinajstić information content (AvgIpc) is 2.96. The zero-order valence-electron chi connectivity index (χ0n) is 11.5. The lowest BCUT2D eigenvalue weighted by Crippen LogP contribution is -2.14. The number of anilines is 1. The van der Waals surface area contributed by atoms with E-state index in [0.29, 0.717) is 23.5 Å². The first-order valence-electron chi connectivity index (χ1n) is 6.56. The normalized spacial score (nSPS) is 10.7. The number of nitrogens with one attached hydrogen (secondary N) is 3. The number of hydrogen-bond donors (Lipinski definition) is 3. The third-order valence-corrected chi connectivity index (χ3v) is 3.16. The molecular formula is C14H15N5O2. The molecule has 0 fully saturated rings. The van der Waals surface area contributed by atoms with Crippen LogP contribution in [0.25, 0.3) is 11.0 Å². The van der Waals surface area contributed by atoms with Gasteiger partial charge >= 0.3 is 0 Å². The van der Waals surface area contributed by atoms with Gasteiger partial charge in [0.2, 0.25) is 5.95 Å². The van der Waals surface area contributed by atoms with Gasteiger partial charge in [-0.25, -0.2) is 0 Å². The summed E-state index contributed by atoms with van der Waals surface area (Å²) in [5, 5.41) is 10.0. The van der Waals surface area contributed by atoms with Crippen LogP contribution in [-0.4, -0.2) is 33.8 Å². The quantitative estimate of drug-likeness (QED) is 0.657. The molecule has 0 amide bonds. The van der Waals surface area contributed by atoms with Gasteiger partial charge < -0.3 is 10.1 Å². The maximum atomic E-state index is 11.8. The Bertz CT molecular complexity index is 808. The van der Waals surface area contributed by atoms with Crippen molar-refractivity contribution < 1.29 is 4.74 Å². The monoisotopic (exact) mass is 285 g/mol. The highest BCUT2D eigenvalue weighted by atomic mass is 16.5. The van der Waals surface area contributed by atoms with Gasteiger partial charge in [-0.05, 0) is 24.1 Å². The number of aromatic nitrogens is 4. The molecule has 108 valence electrons. The fourth-order valence-corrected chi connectivity index (χ4v) is 2.08. The van der Waals surface area contributed by atoms with Crippen molar-refractivity contribution in [2.24, 2.45) is 0 Å². The summed E-state index contributed by atoms with van der Waals surface area (Å²) in [6, 6.07) is 7.86. The smallest absolute Gasteiger partial charge is 0.263 e. The van der Waals surface area contributed by atoms with E-state index >= 15 is 0 Å². The molecule has 7 heteroatoms. The number of benzene rings is 1. The van der Waals surface area contributed by atoms with Crippen LogP contribution in [0.15, 0.2) is 35.3 Å². The minimum absolute atomic E-state index is 0.211. The summed E-state index contributed by atoms with van der Waals surface area (Å²) in [5.41, 5.74) is 1.41. The predicted octanol–water partition coefficient (Wildman–Crippen LogP) is 1.31. The van der Waals surface area contributed by atoms with E-state index in [1.807, 2.05) is 24.3 Å². The first kappa shape index (κ1) is 13.2. The molecule has 21 heavy (non-hydrogen) atoms. The van der Waals surface area contributed by atoms with Crippen LogP contribution in [0.2, 0.25) is 0 Å². The Morgan fingerprint density at radius 2 is 2.29 bits per heavy atom. The molecule has 0 bridgehead atoms. The van der Waals surface area contributed by atoms with Crippen molar-refractivity contribution in [3.05, 3.63) is 46.4 Å². The molecule has 0 aliphatic rings. The number of H-pyrrole nitrogens is 2. The third kappa shape index (κ3) is 2.86. The van der Waals surface area contributed by atoms with Gasteiger partial charge in [-0.2, -0.15) is 10.1 Å². The predicted molar refractivity (Wildman–Crippen MR) is 79.7 cm³/mol. The molecule has 0 unspecified atom stereocenters. The molecule has 0 saturated carbocycles. The van der Waals surface area contributed by atoms with Crippen LogP contribution in [0.5, 0.6) is 5.75 Å². The third-order valence-electron chi connectivity index (χ3n) is 3.16. The van der Waals surface area contributed by atoms with Crippen molar-refractivity contribution >= 4 is 17.0 Å². The second kappa shape index (κ2) is 5.66. The Morgan fingerprint density at radius 3 is 3.14 bits per heavy atom. The molecule has 3 N–H and O–H groups in total. The van der Waals surface area contributed by atoms with Crippen LogP contribution in [0.4, 0.5) is 5.95 Å². The van der Waals surface area contributed by atoms with E-state index in [-0.39, 0.29) is 5.56 Å². The van der Waals surface area contributed by atoms with Crippen LogP contribution in [0.1, 0.15) is 5.56 Å². The van der Waals surface area contributed by atoms with E-state index in [2.05, 4.69) is 25.5 Å². The zero-order valence-corrected chi connectivity index (χ0v) is 11.5. The molecule has 3 rings (SSSR count). The van der Waals surface area contributed by atoms with Crippen molar-refractivity contribution in [2.45, 2.75) is 6.42 Å². The SMILES string of the molecule is COc1cccc(CCNc2nc3[nH]ncc3c(=O)[nH]2)c1. The molecule has 0 radical (unpaired) electrons. The van der Waals surface area contributed by atoms with E-state index in [9.17, 15) is 4.79 Å². The molecule has 0 saturated heterocycles. The summed E-state index contributed by atoms with van der Waals surface area (Å²) in [5.74, 6) is 1.26. The highest BCUT2D eigenvalue weighted by molar-refractivity contribution is 5.73. The molecule has 0 spiro atoms. The van der Waals surface area contributed by atoms with Crippen molar-refractivity contribution in [3.8, 4) is 5.75 Å². The van der Waals surface area contributed by atoms with Gasteiger partial charge in [0.1, 0.15) is 11.1 Å². The summed E-state index contributed by atoms with van der Waals surface area (Å²) >= 11 is 0. The van der Waals surface area contributed by atoms with Gasteiger partial charge in [0.25, 0.3) is 5.56 Å². The van der Waals surface area contributed by atoms with Crippen LogP contribution < -0.4 is 15.6 Å². The average molecular weight is 285 g/mol. The molecule has 0 aliphatic carbocycles. The lowest BCUT2D eigenvalue weighted by molar-refractivity contribution is 0.414. The fourth-order valence-electron chi connectivity index (χ4n) is 2.08. The van der Waals surface area contributed by atoms with Crippen molar-refractivity contribution in [1.29, 1.82) is 0 Å². The van der Waals surface area contributed by atoms with E-state index < -0.39 is 0 Å². The van der Waals surface area contributed by atoms with Crippen LogP contribution in [0, 0.1) is 0 Å². The Balaban J connectivity index is 1.67. The zero-order chi connectivity index (χ0) is 14.7. The molecule has 1 aromatic carbocycles. The summed E-state index contributed by atoms with van der Waals surface area (Å²) < 4.78 is 5.18.